The molecule has 0 spiro atoms. The van der Waals surface area contributed by atoms with Crippen molar-refractivity contribution in [1.82, 2.24) is 30.4 Å². The highest BCUT2D eigenvalue weighted by Gasteiger charge is 2.16. The zero-order valence-corrected chi connectivity index (χ0v) is 10.5. The standard InChI is InChI=1S/C11H17N7/c1-8(2)18-11(13-7-16-18)5-10(17-12)9-3-4-14-15-6-9/h3-4,6-8,10,17H,5,12H2,1-2H3. The van der Waals surface area contributed by atoms with E-state index in [0.717, 1.165) is 11.4 Å². The molecule has 0 fully saturated rings. The highest BCUT2D eigenvalue weighted by molar-refractivity contribution is 5.13. The van der Waals surface area contributed by atoms with E-state index >= 15 is 0 Å². The van der Waals surface area contributed by atoms with Gasteiger partial charge in [0.15, 0.2) is 0 Å². The van der Waals surface area contributed by atoms with Gasteiger partial charge in [-0.15, -0.1) is 0 Å². The van der Waals surface area contributed by atoms with Gasteiger partial charge >= 0.3 is 0 Å². The molecule has 2 aromatic rings. The van der Waals surface area contributed by atoms with Crippen LogP contribution in [0.15, 0.2) is 24.8 Å². The summed E-state index contributed by atoms with van der Waals surface area (Å²) in [5.74, 6) is 6.49. The predicted molar refractivity (Wildman–Crippen MR) is 66.2 cm³/mol. The summed E-state index contributed by atoms with van der Waals surface area (Å²) in [6.07, 6.45) is 5.56. The Labute approximate surface area is 105 Å². The van der Waals surface area contributed by atoms with Gasteiger partial charge < -0.3 is 0 Å². The van der Waals surface area contributed by atoms with Crippen molar-refractivity contribution >= 4 is 0 Å². The molecular weight excluding hydrogens is 230 g/mol. The van der Waals surface area contributed by atoms with E-state index in [1.54, 1.807) is 18.7 Å². The van der Waals surface area contributed by atoms with Crippen molar-refractivity contribution in [2.24, 2.45) is 5.84 Å². The molecule has 0 aliphatic rings. The van der Waals surface area contributed by atoms with Gasteiger partial charge in [-0.3, -0.25) is 11.3 Å². The van der Waals surface area contributed by atoms with E-state index in [-0.39, 0.29) is 12.1 Å². The summed E-state index contributed by atoms with van der Waals surface area (Å²) in [6, 6.07) is 2.10. The van der Waals surface area contributed by atoms with Crippen LogP contribution in [0.25, 0.3) is 0 Å². The molecule has 2 rings (SSSR count). The van der Waals surface area contributed by atoms with Gasteiger partial charge in [0.05, 0.1) is 12.2 Å². The number of hydrazine groups is 1. The lowest BCUT2D eigenvalue weighted by Gasteiger charge is -2.16. The van der Waals surface area contributed by atoms with Gasteiger partial charge in [-0.2, -0.15) is 15.3 Å². The third-order valence-corrected chi connectivity index (χ3v) is 2.73. The second kappa shape index (κ2) is 5.65. The van der Waals surface area contributed by atoms with Crippen molar-refractivity contribution in [3.8, 4) is 0 Å². The van der Waals surface area contributed by atoms with Crippen LogP contribution in [0, 0.1) is 0 Å². The summed E-state index contributed by atoms with van der Waals surface area (Å²) in [5.41, 5.74) is 3.75. The third kappa shape index (κ3) is 2.69. The minimum absolute atomic E-state index is 0.0535. The number of nitrogens with two attached hydrogens (primary N) is 1. The van der Waals surface area contributed by atoms with Gasteiger partial charge in [-0.1, -0.05) is 0 Å². The molecule has 2 aromatic heterocycles. The van der Waals surface area contributed by atoms with Crippen molar-refractivity contribution in [2.75, 3.05) is 0 Å². The Morgan fingerprint density at radius 3 is 2.83 bits per heavy atom. The van der Waals surface area contributed by atoms with Crippen LogP contribution in [-0.4, -0.2) is 25.0 Å². The van der Waals surface area contributed by atoms with Crippen molar-refractivity contribution in [3.05, 3.63) is 36.2 Å². The molecule has 7 nitrogen and oxygen atoms in total. The van der Waals surface area contributed by atoms with Crippen molar-refractivity contribution in [3.63, 3.8) is 0 Å². The summed E-state index contributed by atoms with van der Waals surface area (Å²) in [4.78, 5) is 4.27. The number of aromatic nitrogens is 5. The maximum Gasteiger partial charge on any atom is 0.138 e. The highest BCUT2D eigenvalue weighted by Crippen LogP contribution is 2.16. The highest BCUT2D eigenvalue weighted by atomic mass is 15.3. The molecule has 2 heterocycles. The van der Waals surface area contributed by atoms with Gasteiger partial charge in [0, 0.05) is 18.7 Å². The molecule has 0 saturated heterocycles. The Kier molecular flexibility index (Phi) is 3.96. The second-order valence-electron chi connectivity index (χ2n) is 4.31. The van der Waals surface area contributed by atoms with E-state index in [4.69, 9.17) is 5.84 Å². The quantitative estimate of drug-likeness (QED) is 0.586. The zero-order valence-electron chi connectivity index (χ0n) is 10.5. The van der Waals surface area contributed by atoms with Crippen molar-refractivity contribution < 1.29 is 0 Å². The normalized spacial score (nSPS) is 12.9. The van der Waals surface area contributed by atoms with Crippen molar-refractivity contribution in [2.45, 2.75) is 32.4 Å². The maximum absolute atomic E-state index is 5.59. The Morgan fingerprint density at radius 2 is 2.22 bits per heavy atom. The molecule has 3 N–H and O–H groups in total. The Balaban J connectivity index is 2.18. The Hall–Kier alpha value is -1.86. The summed E-state index contributed by atoms with van der Waals surface area (Å²) in [7, 11) is 0. The third-order valence-electron chi connectivity index (χ3n) is 2.73. The molecule has 0 saturated carbocycles. The summed E-state index contributed by atoms with van der Waals surface area (Å²) >= 11 is 0. The molecule has 1 unspecified atom stereocenters. The first-order valence-corrected chi connectivity index (χ1v) is 5.83. The van der Waals surface area contributed by atoms with Crippen LogP contribution >= 0.6 is 0 Å². The van der Waals surface area contributed by atoms with E-state index in [1.165, 1.54) is 0 Å². The molecule has 0 aliphatic carbocycles. The number of rotatable bonds is 5. The largest absolute Gasteiger partial charge is 0.271 e. The molecule has 1 atom stereocenters. The van der Waals surface area contributed by atoms with E-state index in [9.17, 15) is 0 Å². The van der Waals surface area contributed by atoms with Crippen LogP contribution in [0.4, 0.5) is 0 Å². The van der Waals surface area contributed by atoms with E-state index < -0.39 is 0 Å². The van der Waals surface area contributed by atoms with Gasteiger partial charge in [-0.25, -0.2) is 9.67 Å². The fraction of sp³-hybridized carbons (Fsp3) is 0.455. The number of hydrogen-bond acceptors (Lipinski definition) is 6. The second-order valence-corrected chi connectivity index (χ2v) is 4.31. The molecule has 0 aliphatic heterocycles. The smallest absolute Gasteiger partial charge is 0.138 e. The molecule has 7 heteroatoms. The Morgan fingerprint density at radius 1 is 1.39 bits per heavy atom. The zero-order chi connectivity index (χ0) is 13.0. The lowest BCUT2D eigenvalue weighted by Crippen LogP contribution is -2.30. The van der Waals surface area contributed by atoms with Gasteiger partial charge in [0.1, 0.15) is 12.2 Å². The first-order chi connectivity index (χ1) is 8.72. The van der Waals surface area contributed by atoms with Crippen LogP contribution < -0.4 is 11.3 Å². The van der Waals surface area contributed by atoms with Crippen molar-refractivity contribution in [1.29, 1.82) is 0 Å². The number of hydrogen-bond donors (Lipinski definition) is 2. The Bertz CT molecular complexity index is 479. The maximum atomic E-state index is 5.59. The molecule has 0 amide bonds. The topological polar surface area (TPSA) is 94.5 Å². The molecular formula is C11H17N7. The van der Waals surface area contributed by atoms with Crippen LogP contribution in [0.3, 0.4) is 0 Å². The van der Waals surface area contributed by atoms with E-state index in [0.29, 0.717) is 6.42 Å². The fourth-order valence-electron chi connectivity index (χ4n) is 1.81. The van der Waals surface area contributed by atoms with Crippen LogP contribution in [-0.2, 0) is 6.42 Å². The first-order valence-electron chi connectivity index (χ1n) is 5.83. The van der Waals surface area contributed by atoms with E-state index in [2.05, 4.69) is 39.6 Å². The monoisotopic (exact) mass is 247 g/mol. The average Bonchev–Trinajstić information content (AvgIpc) is 2.85. The lowest BCUT2D eigenvalue weighted by atomic mass is 10.1. The molecule has 0 aromatic carbocycles. The lowest BCUT2D eigenvalue weighted by molar-refractivity contribution is 0.467. The van der Waals surface area contributed by atoms with Gasteiger partial charge in [0.2, 0.25) is 0 Å². The average molecular weight is 247 g/mol. The number of nitrogens with one attached hydrogen (secondary N) is 1. The number of nitrogens with zero attached hydrogens (tertiary/aromatic N) is 5. The van der Waals surface area contributed by atoms with Crippen LogP contribution in [0.2, 0.25) is 0 Å². The minimum Gasteiger partial charge on any atom is -0.271 e. The summed E-state index contributed by atoms with van der Waals surface area (Å²) in [6.45, 7) is 4.13. The molecule has 0 bridgehead atoms. The minimum atomic E-state index is -0.0535. The summed E-state index contributed by atoms with van der Waals surface area (Å²) in [5, 5.41) is 11.8. The van der Waals surface area contributed by atoms with E-state index in [1.807, 2.05) is 10.7 Å². The SMILES string of the molecule is CC(C)n1ncnc1CC(NN)c1ccnnc1. The van der Waals surface area contributed by atoms with Gasteiger partial charge in [-0.05, 0) is 25.5 Å². The first kappa shape index (κ1) is 12.6. The van der Waals surface area contributed by atoms with Gasteiger partial charge in [0.25, 0.3) is 0 Å². The molecule has 0 radical (unpaired) electrons. The van der Waals surface area contributed by atoms with Crippen LogP contribution in [0.1, 0.15) is 37.3 Å². The predicted octanol–water partition coefficient (Wildman–Crippen LogP) is 0.396. The molecule has 18 heavy (non-hydrogen) atoms. The summed E-state index contributed by atoms with van der Waals surface area (Å²) < 4.78 is 1.89. The fourth-order valence-corrected chi connectivity index (χ4v) is 1.81. The van der Waals surface area contributed by atoms with Crippen LogP contribution in [0.5, 0.6) is 0 Å². The molecule has 96 valence electrons.